The lowest BCUT2D eigenvalue weighted by atomic mass is 10.2. The van der Waals surface area contributed by atoms with Crippen LogP contribution in [0.25, 0.3) is 0 Å². The fourth-order valence-electron chi connectivity index (χ4n) is 0.951. The molecule has 4 nitrogen and oxygen atoms in total. The molecule has 2 N–H and O–H groups in total. The van der Waals surface area contributed by atoms with Gasteiger partial charge in [-0.05, 0) is 0 Å². The van der Waals surface area contributed by atoms with E-state index in [1.807, 2.05) is 13.8 Å². The molecule has 1 rings (SSSR count). The van der Waals surface area contributed by atoms with Crippen molar-refractivity contribution in [2.24, 2.45) is 5.73 Å². The molecule has 6 heteroatoms. The Morgan fingerprint density at radius 2 is 2.21 bits per heavy atom. The lowest BCUT2D eigenvalue weighted by Gasteiger charge is -2.12. The molecule has 14 heavy (non-hydrogen) atoms. The van der Waals surface area contributed by atoms with E-state index in [2.05, 4.69) is 10.1 Å². The van der Waals surface area contributed by atoms with Gasteiger partial charge in [0.2, 0.25) is 0 Å². The zero-order chi connectivity index (χ0) is 10.8. The van der Waals surface area contributed by atoms with Gasteiger partial charge < -0.3 is 5.73 Å². The molecule has 1 heterocycles. The van der Waals surface area contributed by atoms with Crippen molar-refractivity contribution in [3.8, 4) is 0 Å². The van der Waals surface area contributed by atoms with Crippen molar-refractivity contribution in [1.29, 1.82) is 0 Å². The van der Waals surface area contributed by atoms with Gasteiger partial charge in [0.15, 0.2) is 5.82 Å². The predicted octanol–water partition coefficient (Wildman–Crippen LogP) is 0.996. The van der Waals surface area contributed by atoms with Gasteiger partial charge in [0.05, 0.1) is 6.54 Å². The minimum Gasteiger partial charge on any atom is -0.325 e. The number of aromatic nitrogens is 3. The monoisotopic (exact) mass is 204 g/mol. The van der Waals surface area contributed by atoms with Gasteiger partial charge in [-0.1, -0.05) is 13.8 Å². The lowest BCUT2D eigenvalue weighted by molar-refractivity contribution is -0.00997. The number of halogens is 2. The van der Waals surface area contributed by atoms with Crippen LogP contribution >= 0.6 is 0 Å². The first kappa shape index (κ1) is 11.0. The first-order valence-electron chi connectivity index (χ1n) is 4.42. The summed E-state index contributed by atoms with van der Waals surface area (Å²) in [6.07, 6.45) is 1.30. The number of hydrogen-bond acceptors (Lipinski definition) is 3. The third-order valence-electron chi connectivity index (χ3n) is 1.76. The summed E-state index contributed by atoms with van der Waals surface area (Å²) in [5.74, 6) is -2.21. The minimum atomic E-state index is -2.91. The summed E-state index contributed by atoms with van der Waals surface area (Å²) in [7, 11) is 0. The summed E-state index contributed by atoms with van der Waals surface area (Å²) in [5, 5.41) is 3.91. The third kappa shape index (κ3) is 2.73. The molecule has 80 valence electrons. The van der Waals surface area contributed by atoms with Gasteiger partial charge in [0.25, 0.3) is 5.92 Å². The first-order chi connectivity index (χ1) is 6.44. The standard InChI is InChI=1S/C8H14F2N4/c1-6(2)7-12-5-14(13-7)4-8(9,10)3-11/h5-6H,3-4,11H2,1-2H3. The molecule has 0 unspecified atom stereocenters. The number of alkyl halides is 2. The summed E-state index contributed by atoms with van der Waals surface area (Å²) in [4.78, 5) is 3.91. The van der Waals surface area contributed by atoms with Crippen LogP contribution in [0.5, 0.6) is 0 Å². The summed E-state index contributed by atoms with van der Waals surface area (Å²) in [5.41, 5.74) is 4.91. The second-order valence-electron chi connectivity index (χ2n) is 3.52. The van der Waals surface area contributed by atoms with Crippen molar-refractivity contribution in [3.05, 3.63) is 12.2 Å². The lowest BCUT2D eigenvalue weighted by Crippen LogP contribution is -2.33. The molecule has 0 fully saturated rings. The maximum absolute atomic E-state index is 12.8. The maximum atomic E-state index is 12.8. The number of nitrogens with zero attached hydrogens (tertiary/aromatic N) is 3. The molecule has 0 aromatic carbocycles. The van der Waals surface area contributed by atoms with Crippen LogP contribution in [-0.2, 0) is 6.54 Å². The van der Waals surface area contributed by atoms with Gasteiger partial charge in [-0.25, -0.2) is 18.4 Å². The van der Waals surface area contributed by atoms with E-state index in [1.54, 1.807) is 0 Å². The van der Waals surface area contributed by atoms with E-state index >= 15 is 0 Å². The van der Waals surface area contributed by atoms with E-state index in [4.69, 9.17) is 5.73 Å². The van der Waals surface area contributed by atoms with Crippen LogP contribution < -0.4 is 5.73 Å². The highest BCUT2D eigenvalue weighted by Crippen LogP contribution is 2.14. The van der Waals surface area contributed by atoms with Crippen LogP contribution in [0.2, 0.25) is 0 Å². The Morgan fingerprint density at radius 3 is 2.64 bits per heavy atom. The molecule has 0 aliphatic carbocycles. The average Bonchev–Trinajstić information content (AvgIpc) is 2.52. The van der Waals surface area contributed by atoms with E-state index in [0.29, 0.717) is 5.82 Å². The van der Waals surface area contributed by atoms with E-state index in [1.165, 1.54) is 6.33 Å². The van der Waals surface area contributed by atoms with Crippen LogP contribution in [0.1, 0.15) is 25.6 Å². The normalized spacial score (nSPS) is 12.4. The molecule has 0 bridgehead atoms. The predicted molar refractivity (Wildman–Crippen MR) is 48.1 cm³/mol. The zero-order valence-corrected chi connectivity index (χ0v) is 8.24. The Hall–Kier alpha value is -1.04. The Morgan fingerprint density at radius 1 is 1.57 bits per heavy atom. The van der Waals surface area contributed by atoms with Crippen molar-refractivity contribution in [2.45, 2.75) is 32.2 Å². The number of nitrogens with two attached hydrogens (primary N) is 1. The van der Waals surface area contributed by atoms with Crippen LogP contribution in [0.4, 0.5) is 8.78 Å². The van der Waals surface area contributed by atoms with Crippen molar-refractivity contribution >= 4 is 0 Å². The molecule has 0 aliphatic heterocycles. The van der Waals surface area contributed by atoms with Crippen molar-refractivity contribution in [2.75, 3.05) is 6.54 Å². The second-order valence-corrected chi connectivity index (χ2v) is 3.52. The molecule has 0 spiro atoms. The van der Waals surface area contributed by atoms with Gasteiger partial charge >= 0.3 is 0 Å². The molecule has 0 radical (unpaired) electrons. The second kappa shape index (κ2) is 4.00. The molecule has 0 saturated carbocycles. The Balaban J connectivity index is 2.69. The highest BCUT2D eigenvalue weighted by atomic mass is 19.3. The van der Waals surface area contributed by atoms with Crippen LogP contribution in [0.15, 0.2) is 6.33 Å². The Kier molecular flexibility index (Phi) is 3.15. The number of rotatable bonds is 4. The SMILES string of the molecule is CC(C)c1ncn(CC(F)(F)CN)n1. The molecule has 0 atom stereocenters. The van der Waals surface area contributed by atoms with Crippen LogP contribution in [0.3, 0.4) is 0 Å². The van der Waals surface area contributed by atoms with E-state index in [-0.39, 0.29) is 5.92 Å². The van der Waals surface area contributed by atoms with Crippen molar-refractivity contribution in [1.82, 2.24) is 14.8 Å². The quantitative estimate of drug-likeness (QED) is 0.795. The highest BCUT2D eigenvalue weighted by molar-refractivity contribution is 4.89. The highest BCUT2D eigenvalue weighted by Gasteiger charge is 2.28. The first-order valence-corrected chi connectivity index (χ1v) is 4.42. The molecule has 1 aromatic heterocycles. The summed E-state index contributed by atoms with van der Waals surface area (Å²) >= 11 is 0. The fourth-order valence-corrected chi connectivity index (χ4v) is 0.951. The molecule has 1 aromatic rings. The van der Waals surface area contributed by atoms with Gasteiger partial charge in [0, 0.05) is 5.92 Å². The molecule has 0 amide bonds. The smallest absolute Gasteiger partial charge is 0.279 e. The van der Waals surface area contributed by atoms with E-state index in [9.17, 15) is 8.78 Å². The molecule has 0 aliphatic rings. The minimum absolute atomic E-state index is 0.141. The van der Waals surface area contributed by atoms with Gasteiger partial charge in [-0.15, -0.1) is 0 Å². The van der Waals surface area contributed by atoms with Gasteiger partial charge in [0.1, 0.15) is 12.9 Å². The number of hydrogen-bond donors (Lipinski definition) is 1. The average molecular weight is 204 g/mol. The van der Waals surface area contributed by atoms with Crippen LogP contribution in [0, 0.1) is 0 Å². The van der Waals surface area contributed by atoms with Crippen molar-refractivity contribution in [3.63, 3.8) is 0 Å². The zero-order valence-electron chi connectivity index (χ0n) is 8.24. The van der Waals surface area contributed by atoms with E-state index in [0.717, 1.165) is 4.68 Å². The van der Waals surface area contributed by atoms with Gasteiger partial charge in [-0.2, -0.15) is 5.10 Å². The van der Waals surface area contributed by atoms with E-state index < -0.39 is 19.0 Å². The van der Waals surface area contributed by atoms with Gasteiger partial charge in [-0.3, -0.25) is 0 Å². The topological polar surface area (TPSA) is 56.7 Å². The summed E-state index contributed by atoms with van der Waals surface area (Å²) in [6, 6.07) is 0. The van der Waals surface area contributed by atoms with Crippen LogP contribution in [-0.4, -0.2) is 27.2 Å². The Bertz CT molecular complexity index is 295. The molecule has 0 saturated heterocycles. The van der Waals surface area contributed by atoms with Crippen molar-refractivity contribution < 1.29 is 8.78 Å². The summed E-state index contributed by atoms with van der Waals surface area (Å²) < 4.78 is 26.8. The third-order valence-corrected chi connectivity index (χ3v) is 1.76. The molecular formula is C8H14F2N4. The Labute approximate surface area is 81.1 Å². The molecular weight excluding hydrogens is 190 g/mol. The summed E-state index contributed by atoms with van der Waals surface area (Å²) in [6.45, 7) is 2.62. The largest absolute Gasteiger partial charge is 0.325 e. The fraction of sp³-hybridized carbons (Fsp3) is 0.750. The maximum Gasteiger partial charge on any atom is 0.279 e.